The molecule has 0 aromatic heterocycles. The van der Waals surface area contributed by atoms with Crippen LogP contribution in [-0.2, 0) is 19.1 Å². The molecular weight excluding hydrogens is 362 g/mol. The molecule has 1 saturated heterocycles. The first-order chi connectivity index (χ1) is 13.5. The molecule has 1 amide bonds. The first kappa shape index (κ1) is 19.7. The maximum absolute atomic E-state index is 12.3. The number of carbonyl (C=O) groups is 3. The highest BCUT2D eigenvalue weighted by Crippen LogP contribution is 2.25. The van der Waals surface area contributed by atoms with E-state index in [-0.39, 0.29) is 29.1 Å². The van der Waals surface area contributed by atoms with Gasteiger partial charge in [-0.25, -0.2) is 4.79 Å². The van der Waals surface area contributed by atoms with Crippen LogP contribution in [-0.4, -0.2) is 54.2 Å². The summed E-state index contributed by atoms with van der Waals surface area (Å²) in [6.07, 6.45) is 1.06. The second-order valence-electron chi connectivity index (χ2n) is 6.70. The number of hydrogen-bond acceptors (Lipinski definition) is 6. The number of piperidine rings is 1. The lowest BCUT2D eigenvalue weighted by Gasteiger charge is -2.30. The largest absolute Gasteiger partial charge is 0.507 e. The zero-order chi connectivity index (χ0) is 20.1. The highest BCUT2D eigenvalue weighted by Gasteiger charge is 2.28. The van der Waals surface area contributed by atoms with Crippen molar-refractivity contribution in [1.82, 2.24) is 4.90 Å². The lowest BCUT2D eigenvalue weighted by molar-refractivity contribution is -0.151. The van der Waals surface area contributed by atoms with Gasteiger partial charge in [-0.3, -0.25) is 9.59 Å². The van der Waals surface area contributed by atoms with Gasteiger partial charge in [0.15, 0.2) is 6.61 Å². The van der Waals surface area contributed by atoms with Crippen molar-refractivity contribution in [1.29, 1.82) is 0 Å². The minimum absolute atomic E-state index is 0.0209. The Bertz CT molecular complexity index is 886. The van der Waals surface area contributed by atoms with Gasteiger partial charge in [0.2, 0.25) is 0 Å². The highest BCUT2D eigenvalue weighted by atomic mass is 16.5. The summed E-state index contributed by atoms with van der Waals surface area (Å²) in [6, 6.07) is 10.4. The standard InChI is InChI=1S/C21H23NO6/c1-2-27-20(25)14-7-9-22(10-8-14)19(24)13-28-21(26)17-11-15-5-3-4-6-16(15)12-18(17)23/h3-6,11-12,14,23H,2,7-10,13H2,1H3. The minimum Gasteiger partial charge on any atom is -0.507 e. The number of likely N-dealkylation sites (tertiary alicyclic amines) is 1. The van der Waals surface area contributed by atoms with Gasteiger partial charge in [-0.1, -0.05) is 24.3 Å². The second-order valence-corrected chi connectivity index (χ2v) is 6.70. The quantitative estimate of drug-likeness (QED) is 0.795. The number of amides is 1. The molecule has 0 unspecified atom stereocenters. The zero-order valence-electron chi connectivity index (χ0n) is 15.7. The molecule has 2 aromatic carbocycles. The third-order valence-electron chi connectivity index (χ3n) is 4.88. The molecule has 0 radical (unpaired) electrons. The maximum Gasteiger partial charge on any atom is 0.342 e. The van der Waals surface area contributed by atoms with Crippen LogP contribution >= 0.6 is 0 Å². The lowest BCUT2D eigenvalue weighted by atomic mass is 9.97. The number of rotatable bonds is 5. The number of carbonyl (C=O) groups excluding carboxylic acids is 3. The number of benzene rings is 2. The lowest BCUT2D eigenvalue weighted by Crippen LogP contribution is -2.42. The van der Waals surface area contributed by atoms with Gasteiger partial charge in [0.25, 0.3) is 5.91 Å². The SMILES string of the molecule is CCOC(=O)C1CCN(C(=O)COC(=O)c2cc3ccccc3cc2O)CC1. The van der Waals surface area contributed by atoms with Crippen molar-refractivity contribution in [3.8, 4) is 5.75 Å². The van der Waals surface area contributed by atoms with Crippen LogP contribution in [0, 0.1) is 5.92 Å². The van der Waals surface area contributed by atoms with Crippen LogP contribution in [0.3, 0.4) is 0 Å². The van der Waals surface area contributed by atoms with E-state index in [0.717, 1.165) is 10.8 Å². The van der Waals surface area contributed by atoms with Gasteiger partial charge >= 0.3 is 11.9 Å². The zero-order valence-corrected chi connectivity index (χ0v) is 15.7. The van der Waals surface area contributed by atoms with Gasteiger partial charge in [-0.05, 0) is 42.7 Å². The van der Waals surface area contributed by atoms with Crippen LogP contribution in [0.5, 0.6) is 5.75 Å². The van der Waals surface area contributed by atoms with Crippen molar-refractivity contribution < 1.29 is 29.0 Å². The third kappa shape index (κ3) is 4.42. The fraction of sp³-hybridized carbons (Fsp3) is 0.381. The molecule has 0 atom stereocenters. The van der Waals surface area contributed by atoms with E-state index < -0.39 is 12.6 Å². The summed E-state index contributed by atoms with van der Waals surface area (Å²) in [6.45, 7) is 2.53. The van der Waals surface area contributed by atoms with E-state index in [2.05, 4.69) is 0 Å². The van der Waals surface area contributed by atoms with Crippen LogP contribution < -0.4 is 0 Å². The van der Waals surface area contributed by atoms with Crippen molar-refractivity contribution in [2.75, 3.05) is 26.3 Å². The molecule has 28 heavy (non-hydrogen) atoms. The molecule has 0 saturated carbocycles. The van der Waals surface area contributed by atoms with Crippen molar-refractivity contribution in [3.63, 3.8) is 0 Å². The molecule has 1 N–H and O–H groups in total. The molecule has 7 nitrogen and oxygen atoms in total. The molecule has 2 aromatic rings. The summed E-state index contributed by atoms with van der Waals surface area (Å²) >= 11 is 0. The van der Waals surface area contributed by atoms with Crippen molar-refractivity contribution >= 4 is 28.6 Å². The summed E-state index contributed by atoms with van der Waals surface area (Å²) < 4.78 is 10.1. The van der Waals surface area contributed by atoms with Crippen LogP contribution in [0.1, 0.15) is 30.1 Å². The normalized spacial score (nSPS) is 14.7. The fourth-order valence-corrected chi connectivity index (χ4v) is 3.31. The predicted molar refractivity (Wildman–Crippen MR) is 102 cm³/mol. The minimum atomic E-state index is -0.752. The molecule has 1 fully saturated rings. The Labute approximate surface area is 162 Å². The monoisotopic (exact) mass is 385 g/mol. The van der Waals surface area contributed by atoms with Crippen LogP contribution in [0.15, 0.2) is 36.4 Å². The number of ether oxygens (including phenoxy) is 2. The van der Waals surface area contributed by atoms with Crippen molar-refractivity contribution in [2.24, 2.45) is 5.92 Å². The summed E-state index contributed by atoms with van der Waals surface area (Å²) in [5, 5.41) is 11.7. The van der Waals surface area contributed by atoms with Gasteiger partial charge in [0, 0.05) is 13.1 Å². The summed E-state index contributed by atoms with van der Waals surface area (Å²) in [5.74, 6) is -1.69. The Morgan fingerprint density at radius 3 is 2.36 bits per heavy atom. The molecule has 148 valence electrons. The number of fused-ring (bicyclic) bond motifs is 1. The highest BCUT2D eigenvalue weighted by molar-refractivity contribution is 5.99. The van der Waals surface area contributed by atoms with Crippen molar-refractivity contribution in [3.05, 3.63) is 42.0 Å². The van der Waals surface area contributed by atoms with E-state index in [1.165, 1.54) is 6.07 Å². The number of hydrogen-bond donors (Lipinski definition) is 1. The predicted octanol–water partition coefficient (Wildman–Crippen LogP) is 2.50. The number of esters is 2. The van der Waals surface area contributed by atoms with Crippen molar-refractivity contribution in [2.45, 2.75) is 19.8 Å². The molecule has 1 aliphatic rings. The molecule has 1 heterocycles. The topological polar surface area (TPSA) is 93.1 Å². The maximum atomic E-state index is 12.3. The van der Waals surface area contributed by atoms with Gasteiger partial charge in [-0.2, -0.15) is 0 Å². The Morgan fingerprint density at radius 1 is 1.07 bits per heavy atom. The van der Waals surface area contributed by atoms with E-state index in [9.17, 15) is 19.5 Å². The molecule has 0 bridgehead atoms. The van der Waals surface area contributed by atoms with Gasteiger partial charge in [0.1, 0.15) is 11.3 Å². The van der Waals surface area contributed by atoms with E-state index in [0.29, 0.717) is 32.5 Å². The van der Waals surface area contributed by atoms with E-state index in [1.807, 2.05) is 24.3 Å². The summed E-state index contributed by atoms with van der Waals surface area (Å²) in [7, 11) is 0. The first-order valence-corrected chi connectivity index (χ1v) is 9.33. The van der Waals surface area contributed by atoms with Gasteiger partial charge in [-0.15, -0.1) is 0 Å². The first-order valence-electron chi connectivity index (χ1n) is 9.33. The third-order valence-corrected chi connectivity index (χ3v) is 4.88. The van der Waals surface area contributed by atoms with Crippen LogP contribution in [0.4, 0.5) is 0 Å². The van der Waals surface area contributed by atoms with Crippen LogP contribution in [0.2, 0.25) is 0 Å². The van der Waals surface area contributed by atoms with E-state index >= 15 is 0 Å². The number of aromatic hydroxyl groups is 1. The fourth-order valence-electron chi connectivity index (χ4n) is 3.31. The Morgan fingerprint density at radius 2 is 1.71 bits per heavy atom. The molecule has 0 spiro atoms. The summed E-state index contributed by atoms with van der Waals surface area (Å²) in [5.41, 5.74) is 0.0209. The molecule has 0 aliphatic carbocycles. The summed E-state index contributed by atoms with van der Waals surface area (Å²) in [4.78, 5) is 37.9. The average Bonchev–Trinajstić information content (AvgIpc) is 2.71. The Hall–Kier alpha value is -3.09. The number of phenolic OH excluding ortho intramolecular Hbond substituents is 1. The average molecular weight is 385 g/mol. The molecule has 1 aliphatic heterocycles. The second kappa shape index (κ2) is 8.73. The van der Waals surface area contributed by atoms with E-state index in [1.54, 1.807) is 17.9 Å². The van der Waals surface area contributed by atoms with Gasteiger partial charge in [0.05, 0.1) is 12.5 Å². The number of nitrogens with zero attached hydrogens (tertiary/aromatic N) is 1. The number of phenols is 1. The Balaban J connectivity index is 1.54. The van der Waals surface area contributed by atoms with Gasteiger partial charge < -0.3 is 19.5 Å². The van der Waals surface area contributed by atoms with E-state index in [4.69, 9.17) is 9.47 Å². The molecule has 7 heteroatoms. The van der Waals surface area contributed by atoms with Crippen LogP contribution in [0.25, 0.3) is 10.8 Å². The molecular formula is C21H23NO6. The molecule has 3 rings (SSSR count). The smallest absolute Gasteiger partial charge is 0.342 e. The Kier molecular flexibility index (Phi) is 6.13.